The fraction of sp³-hybridized carbons (Fsp3) is 0.545. The second-order valence-corrected chi connectivity index (χ2v) is 6.33. The lowest BCUT2D eigenvalue weighted by molar-refractivity contribution is 0.253. The Kier molecular flexibility index (Phi) is 7.34. The molecular formula is C11H20N6OS2. The summed E-state index contributed by atoms with van der Waals surface area (Å²) in [7, 11) is 4.05. The summed E-state index contributed by atoms with van der Waals surface area (Å²) in [6, 6.07) is -0.699. The predicted octanol–water partition coefficient (Wildman–Crippen LogP) is 0.421. The molecule has 9 heteroatoms. The largest absolute Gasteiger partial charge is 0.370 e. The van der Waals surface area contributed by atoms with E-state index in [9.17, 15) is 4.79 Å². The van der Waals surface area contributed by atoms with Crippen LogP contribution in [0.3, 0.4) is 0 Å². The van der Waals surface area contributed by atoms with Crippen molar-refractivity contribution in [3.05, 3.63) is 16.1 Å². The molecule has 1 heterocycles. The van der Waals surface area contributed by atoms with E-state index >= 15 is 0 Å². The summed E-state index contributed by atoms with van der Waals surface area (Å²) in [5, 5.41) is 5.42. The third-order valence-electron chi connectivity index (χ3n) is 2.07. The Morgan fingerprint density at radius 3 is 2.95 bits per heavy atom. The van der Waals surface area contributed by atoms with Crippen LogP contribution >= 0.6 is 23.1 Å². The minimum absolute atomic E-state index is 0.0556. The van der Waals surface area contributed by atoms with Crippen LogP contribution in [0.5, 0.6) is 0 Å². The Morgan fingerprint density at radius 1 is 1.55 bits per heavy atom. The molecule has 0 spiro atoms. The van der Waals surface area contributed by atoms with Crippen molar-refractivity contribution in [2.24, 2.45) is 16.5 Å². The highest BCUT2D eigenvalue weighted by Gasteiger charge is 2.03. The van der Waals surface area contributed by atoms with Gasteiger partial charge in [0.05, 0.1) is 12.2 Å². The number of aliphatic imine (C=N–C) groups is 1. The first-order valence-electron chi connectivity index (χ1n) is 5.99. The van der Waals surface area contributed by atoms with Gasteiger partial charge in [-0.25, -0.2) is 9.78 Å². The van der Waals surface area contributed by atoms with E-state index in [0.717, 1.165) is 28.8 Å². The van der Waals surface area contributed by atoms with Crippen molar-refractivity contribution >= 4 is 35.1 Å². The standard InChI is InChI=1S/C11H20N6OS2/c1-17(2)5-9-15-8(7-20-9)6-19-4-3-14-10(12)16-11(13)18/h7H,3-6H2,1-2H3,(H5,12,13,14,16,18). The molecule has 20 heavy (non-hydrogen) atoms. The number of nitrogens with zero attached hydrogens (tertiary/aromatic N) is 3. The van der Waals surface area contributed by atoms with Crippen LogP contribution in [0.15, 0.2) is 10.4 Å². The van der Waals surface area contributed by atoms with Crippen molar-refractivity contribution < 1.29 is 4.79 Å². The Morgan fingerprint density at radius 2 is 2.30 bits per heavy atom. The summed E-state index contributed by atoms with van der Waals surface area (Å²) in [5.41, 5.74) is 11.4. The van der Waals surface area contributed by atoms with Crippen molar-refractivity contribution in [3.8, 4) is 0 Å². The van der Waals surface area contributed by atoms with Gasteiger partial charge in [-0.3, -0.25) is 10.3 Å². The first-order chi connectivity index (χ1) is 9.47. The zero-order chi connectivity index (χ0) is 15.0. The van der Waals surface area contributed by atoms with Gasteiger partial charge in [-0.05, 0) is 14.1 Å². The van der Waals surface area contributed by atoms with Crippen LogP contribution in [0.4, 0.5) is 4.79 Å². The molecular weight excluding hydrogens is 296 g/mol. The van der Waals surface area contributed by atoms with E-state index in [1.807, 2.05) is 14.1 Å². The number of primary amides is 1. The normalized spacial score (nSPS) is 11.8. The molecule has 1 rings (SSSR count). The number of carbonyl (C=O) groups excluding carboxylic acids is 1. The van der Waals surface area contributed by atoms with Gasteiger partial charge in [0.1, 0.15) is 5.01 Å². The molecule has 0 aliphatic carbocycles. The van der Waals surface area contributed by atoms with E-state index in [2.05, 4.69) is 25.6 Å². The van der Waals surface area contributed by atoms with Gasteiger partial charge in [-0.15, -0.1) is 11.3 Å². The first kappa shape index (κ1) is 16.7. The number of thioether (sulfide) groups is 1. The molecule has 7 nitrogen and oxygen atoms in total. The second-order valence-electron chi connectivity index (χ2n) is 4.28. The maximum absolute atomic E-state index is 10.5. The Labute approximate surface area is 126 Å². The molecule has 0 fully saturated rings. The van der Waals surface area contributed by atoms with Gasteiger partial charge in [0.25, 0.3) is 0 Å². The quantitative estimate of drug-likeness (QED) is 0.384. The lowest BCUT2D eigenvalue weighted by Gasteiger charge is -2.05. The van der Waals surface area contributed by atoms with Crippen molar-refractivity contribution in [1.82, 2.24) is 15.2 Å². The molecule has 0 atom stereocenters. The minimum atomic E-state index is -0.699. The number of hydrogen-bond acceptors (Lipinski definition) is 6. The lowest BCUT2D eigenvalue weighted by atomic mass is 10.5. The first-order valence-corrected chi connectivity index (χ1v) is 8.03. The average Bonchev–Trinajstić information content (AvgIpc) is 2.74. The van der Waals surface area contributed by atoms with Gasteiger partial charge in [0, 0.05) is 23.4 Å². The summed E-state index contributed by atoms with van der Waals surface area (Å²) < 4.78 is 0. The highest BCUT2D eigenvalue weighted by atomic mass is 32.2. The van der Waals surface area contributed by atoms with E-state index in [-0.39, 0.29) is 5.96 Å². The predicted molar refractivity (Wildman–Crippen MR) is 84.9 cm³/mol. The second kappa shape index (κ2) is 8.77. The van der Waals surface area contributed by atoms with Gasteiger partial charge in [0.15, 0.2) is 5.96 Å². The van der Waals surface area contributed by atoms with Gasteiger partial charge >= 0.3 is 6.03 Å². The third-order valence-corrected chi connectivity index (χ3v) is 3.92. The number of hydrogen-bond donors (Lipinski definition) is 3. The fourth-order valence-electron chi connectivity index (χ4n) is 1.33. The number of nitrogens with one attached hydrogen (secondary N) is 1. The topological polar surface area (TPSA) is 110 Å². The molecule has 1 aromatic rings. The van der Waals surface area contributed by atoms with E-state index in [4.69, 9.17) is 11.5 Å². The maximum Gasteiger partial charge on any atom is 0.318 e. The monoisotopic (exact) mass is 316 g/mol. The fourth-order valence-corrected chi connectivity index (χ4v) is 3.07. The number of urea groups is 1. The molecule has 0 unspecified atom stereocenters. The zero-order valence-corrected chi connectivity index (χ0v) is 13.3. The molecule has 0 aromatic carbocycles. The summed E-state index contributed by atoms with van der Waals surface area (Å²) in [5.74, 6) is 1.71. The molecule has 0 bridgehead atoms. The van der Waals surface area contributed by atoms with Crippen LogP contribution < -0.4 is 16.8 Å². The van der Waals surface area contributed by atoms with Crippen LogP contribution in [0.2, 0.25) is 0 Å². The van der Waals surface area contributed by atoms with Gasteiger partial charge in [0.2, 0.25) is 0 Å². The number of carbonyl (C=O) groups is 1. The third kappa shape index (κ3) is 7.31. The molecule has 0 saturated heterocycles. The molecule has 5 N–H and O–H groups in total. The Bertz CT molecular complexity index is 460. The summed E-state index contributed by atoms with van der Waals surface area (Å²) in [4.78, 5) is 21.1. The highest BCUT2D eigenvalue weighted by molar-refractivity contribution is 7.98. The average molecular weight is 316 g/mol. The minimum Gasteiger partial charge on any atom is -0.370 e. The molecule has 0 aliphatic heterocycles. The lowest BCUT2D eigenvalue weighted by Crippen LogP contribution is -2.40. The molecule has 112 valence electrons. The SMILES string of the molecule is CN(C)Cc1nc(CSCCN=C(N)NC(N)=O)cs1. The van der Waals surface area contributed by atoms with Crippen LogP contribution in [-0.2, 0) is 12.3 Å². The summed E-state index contributed by atoms with van der Waals surface area (Å²) >= 11 is 3.40. The van der Waals surface area contributed by atoms with Crippen molar-refractivity contribution in [2.75, 3.05) is 26.4 Å². The van der Waals surface area contributed by atoms with Crippen LogP contribution in [0.1, 0.15) is 10.7 Å². The van der Waals surface area contributed by atoms with Crippen LogP contribution in [0.25, 0.3) is 0 Å². The molecule has 2 amide bonds. The van der Waals surface area contributed by atoms with E-state index in [1.54, 1.807) is 23.1 Å². The van der Waals surface area contributed by atoms with Gasteiger partial charge < -0.3 is 16.4 Å². The van der Waals surface area contributed by atoms with Gasteiger partial charge in [-0.1, -0.05) is 0 Å². The number of thiazole rings is 1. The highest BCUT2D eigenvalue weighted by Crippen LogP contribution is 2.16. The van der Waals surface area contributed by atoms with Crippen molar-refractivity contribution in [3.63, 3.8) is 0 Å². The molecule has 0 aliphatic rings. The van der Waals surface area contributed by atoms with Crippen LogP contribution in [0, 0.1) is 0 Å². The van der Waals surface area contributed by atoms with Crippen molar-refractivity contribution in [1.29, 1.82) is 0 Å². The van der Waals surface area contributed by atoms with Crippen molar-refractivity contribution in [2.45, 2.75) is 12.3 Å². The van der Waals surface area contributed by atoms with Gasteiger partial charge in [-0.2, -0.15) is 11.8 Å². The molecule has 0 saturated carbocycles. The smallest absolute Gasteiger partial charge is 0.318 e. The maximum atomic E-state index is 10.5. The van der Waals surface area contributed by atoms with E-state index in [0.29, 0.717) is 6.54 Å². The van der Waals surface area contributed by atoms with E-state index in [1.165, 1.54) is 0 Å². The number of guanidine groups is 1. The molecule has 0 radical (unpaired) electrons. The number of aromatic nitrogens is 1. The van der Waals surface area contributed by atoms with Crippen LogP contribution in [-0.4, -0.2) is 48.3 Å². The molecule has 1 aromatic heterocycles. The zero-order valence-electron chi connectivity index (χ0n) is 11.6. The Hall–Kier alpha value is -1.32. The number of rotatable bonds is 7. The summed E-state index contributed by atoms with van der Waals surface area (Å²) in [6.07, 6.45) is 0. The Balaban J connectivity index is 2.21. The van der Waals surface area contributed by atoms with E-state index < -0.39 is 6.03 Å². The number of amides is 2. The number of nitrogens with two attached hydrogens (primary N) is 2. The summed E-state index contributed by atoms with van der Waals surface area (Å²) in [6.45, 7) is 1.40.